The van der Waals surface area contributed by atoms with Gasteiger partial charge in [-0.2, -0.15) is 18.2 Å². The minimum atomic E-state index is -5.09. The van der Waals surface area contributed by atoms with Crippen molar-refractivity contribution in [1.82, 2.24) is 15.3 Å². The highest BCUT2D eigenvalue weighted by Crippen LogP contribution is 2.31. The molecule has 0 spiro atoms. The van der Waals surface area contributed by atoms with Gasteiger partial charge in [0.2, 0.25) is 17.8 Å². The number of nitrogens with one attached hydrogen (secondary N) is 3. The van der Waals surface area contributed by atoms with Crippen LogP contribution in [0.2, 0.25) is 5.02 Å². The van der Waals surface area contributed by atoms with Crippen LogP contribution in [0, 0.1) is 0 Å². The van der Waals surface area contributed by atoms with Crippen molar-refractivity contribution in [3.8, 4) is 0 Å². The molecule has 1 aliphatic rings. The van der Waals surface area contributed by atoms with E-state index in [0.29, 0.717) is 21.7 Å². The Morgan fingerprint density at radius 2 is 1.95 bits per heavy atom. The van der Waals surface area contributed by atoms with E-state index in [2.05, 4.69) is 25.9 Å². The van der Waals surface area contributed by atoms with Crippen LogP contribution >= 0.6 is 11.6 Å². The number of primary amides is 1. The number of aromatic nitrogens is 2. The van der Waals surface area contributed by atoms with Gasteiger partial charge in [-0.05, 0) is 35.4 Å². The second-order valence-corrected chi connectivity index (χ2v) is 8.62. The molecule has 2 aromatic carbocycles. The van der Waals surface area contributed by atoms with E-state index in [0.717, 1.165) is 0 Å². The molecule has 3 aromatic rings. The Kier molecular flexibility index (Phi) is 7.67. The highest BCUT2D eigenvalue weighted by atomic mass is 35.5. The second-order valence-electron chi connectivity index (χ2n) is 8.21. The Bertz CT molecular complexity index is 1400. The quantitative estimate of drug-likeness (QED) is 0.370. The molecule has 198 valence electrons. The van der Waals surface area contributed by atoms with Gasteiger partial charge in [0.25, 0.3) is 0 Å². The van der Waals surface area contributed by atoms with Gasteiger partial charge in [0.05, 0.1) is 6.20 Å². The number of alkyl halides is 3. The highest BCUT2D eigenvalue weighted by molar-refractivity contribution is 6.32. The Hall–Kier alpha value is -4.39. The van der Waals surface area contributed by atoms with Crippen molar-refractivity contribution in [2.24, 2.45) is 5.73 Å². The maximum Gasteiger partial charge on any atom is 0.471 e. The van der Waals surface area contributed by atoms with E-state index in [1.165, 1.54) is 24.4 Å². The molecule has 0 saturated carbocycles. The molecule has 0 bridgehead atoms. The smallest absolute Gasteiger partial charge is 0.366 e. The van der Waals surface area contributed by atoms with Crippen molar-refractivity contribution in [1.29, 1.82) is 0 Å². The van der Waals surface area contributed by atoms with Crippen molar-refractivity contribution in [3.05, 3.63) is 70.4 Å². The van der Waals surface area contributed by atoms with Crippen LogP contribution in [0.3, 0.4) is 0 Å². The fourth-order valence-electron chi connectivity index (χ4n) is 3.82. The molecule has 10 nitrogen and oxygen atoms in total. The SMILES string of the molecule is NC(=O)c1ccccc1CNc1nc(Nc2ccc3c(c2)CNC(=O)CCN3C(=O)C(F)(F)F)ncc1Cl. The number of fused-ring (bicyclic) bond motifs is 1. The summed E-state index contributed by atoms with van der Waals surface area (Å²) >= 11 is 6.22. The van der Waals surface area contributed by atoms with Gasteiger partial charge in [0, 0.05) is 43.0 Å². The largest absolute Gasteiger partial charge is 0.471 e. The lowest BCUT2D eigenvalue weighted by atomic mass is 10.1. The second kappa shape index (κ2) is 10.9. The lowest BCUT2D eigenvalue weighted by Crippen LogP contribution is -2.45. The summed E-state index contributed by atoms with van der Waals surface area (Å²) in [4.78, 5) is 44.6. The van der Waals surface area contributed by atoms with Gasteiger partial charge in [-0.3, -0.25) is 14.4 Å². The minimum Gasteiger partial charge on any atom is -0.366 e. The van der Waals surface area contributed by atoms with Gasteiger partial charge in [-0.1, -0.05) is 29.8 Å². The summed E-state index contributed by atoms with van der Waals surface area (Å²) in [5, 5.41) is 8.78. The van der Waals surface area contributed by atoms with Gasteiger partial charge in [-0.25, -0.2) is 4.98 Å². The number of nitrogens with zero attached hydrogens (tertiary/aromatic N) is 3. The summed E-state index contributed by atoms with van der Waals surface area (Å²) < 4.78 is 39.5. The van der Waals surface area contributed by atoms with Gasteiger partial charge in [-0.15, -0.1) is 0 Å². The monoisotopic (exact) mass is 547 g/mol. The standard InChI is InChI=1S/C24H21ClF3N7O3/c25-17-12-32-23(34-21(17)31-10-13-3-1-2-4-16(13)20(29)37)33-15-5-6-18-14(9-15)11-30-19(36)7-8-35(18)22(38)24(26,27)28/h1-6,9,12H,7-8,10-11H2,(H2,29,37)(H,30,36)(H2,31,32,33,34). The van der Waals surface area contributed by atoms with Gasteiger partial charge < -0.3 is 26.6 Å². The van der Waals surface area contributed by atoms with Crippen LogP contribution in [-0.2, 0) is 22.7 Å². The molecule has 0 radical (unpaired) electrons. The number of amides is 3. The average Bonchev–Trinajstić information content (AvgIpc) is 2.87. The van der Waals surface area contributed by atoms with Crippen LogP contribution in [0.15, 0.2) is 48.7 Å². The summed E-state index contributed by atoms with van der Waals surface area (Å²) in [6.45, 7) is -0.312. The third kappa shape index (κ3) is 6.11. The van der Waals surface area contributed by atoms with E-state index in [9.17, 15) is 27.6 Å². The molecular weight excluding hydrogens is 527 g/mol. The Labute approximate surface area is 219 Å². The van der Waals surface area contributed by atoms with E-state index >= 15 is 0 Å². The fourth-order valence-corrected chi connectivity index (χ4v) is 3.98. The number of carbonyl (C=O) groups excluding carboxylic acids is 3. The summed E-state index contributed by atoms with van der Waals surface area (Å²) in [6, 6.07) is 11.1. The molecule has 14 heteroatoms. The molecular formula is C24H21ClF3N7O3. The first-order chi connectivity index (χ1) is 18.0. The summed E-state index contributed by atoms with van der Waals surface area (Å²) in [7, 11) is 0. The highest BCUT2D eigenvalue weighted by Gasteiger charge is 2.43. The number of hydrogen-bond acceptors (Lipinski definition) is 7. The van der Waals surface area contributed by atoms with Crippen molar-refractivity contribution >= 4 is 52.5 Å². The molecule has 38 heavy (non-hydrogen) atoms. The topological polar surface area (TPSA) is 142 Å². The van der Waals surface area contributed by atoms with Crippen LogP contribution in [0.4, 0.5) is 36.3 Å². The van der Waals surface area contributed by atoms with E-state index in [1.807, 2.05) is 0 Å². The number of benzene rings is 2. The molecule has 3 amide bonds. The van der Waals surface area contributed by atoms with Gasteiger partial charge in [0.15, 0.2) is 5.82 Å². The Morgan fingerprint density at radius 3 is 2.68 bits per heavy atom. The van der Waals surface area contributed by atoms with E-state index in [4.69, 9.17) is 17.3 Å². The lowest BCUT2D eigenvalue weighted by Gasteiger charge is -2.28. The van der Waals surface area contributed by atoms with E-state index in [-0.39, 0.29) is 47.6 Å². The first-order valence-corrected chi connectivity index (χ1v) is 11.6. The molecule has 2 heterocycles. The van der Waals surface area contributed by atoms with Crippen molar-refractivity contribution in [3.63, 3.8) is 0 Å². The van der Waals surface area contributed by atoms with Crippen LogP contribution in [0.5, 0.6) is 0 Å². The molecule has 0 saturated heterocycles. The number of hydrogen-bond donors (Lipinski definition) is 4. The van der Waals surface area contributed by atoms with Crippen LogP contribution in [-0.4, -0.2) is 40.4 Å². The molecule has 0 aliphatic carbocycles. The first-order valence-electron chi connectivity index (χ1n) is 11.2. The molecule has 1 aromatic heterocycles. The zero-order valence-corrected chi connectivity index (χ0v) is 20.4. The number of rotatable bonds is 6. The minimum absolute atomic E-state index is 0.0328. The van der Waals surface area contributed by atoms with Crippen molar-refractivity contribution in [2.75, 3.05) is 22.1 Å². The van der Waals surface area contributed by atoms with E-state index < -0.39 is 30.4 Å². The van der Waals surface area contributed by atoms with Crippen LogP contribution in [0.25, 0.3) is 0 Å². The number of carbonyl (C=O) groups is 3. The molecule has 1 aliphatic heterocycles. The average molecular weight is 548 g/mol. The van der Waals surface area contributed by atoms with Crippen molar-refractivity contribution < 1.29 is 27.6 Å². The van der Waals surface area contributed by atoms with Crippen molar-refractivity contribution in [2.45, 2.75) is 25.7 Å². The molecule has 5 N–H and O–H groups in total. The molecule has 0 unspecified atom stereocenters. The zero-order chi connectivity index (χ0) is 27.4. The Balaban J connectivity index is 1.56. The number of nitrogens with two attached hydrogens (primary N) is 1. The maximum atomic E-state index is 13.2. The third-order valence-electron chi connectivity index (χ3n) is 5.63. The Morgan fingerprint density at radius 1 is 1.18 bits per heavy atom. The number of halogens is 4. The van der Waals surface area contributed by atoms with E-state index in [1.54, 1.807) is 24.3 Å². The molecule has 0 fully saturated rings. The molecule has 4 rings (SSSR count). The van der Waals surface area contributed by atoms with Gasteiger partial charge in [0.1, 0.15) is 5.02 Å². The maximum absolute atomic E-state index is 13.2. The molecule has 0 atom stereocenters. The van der Waals surface area contributed by atoms with Gasteiger partial charge >= 0.3 is 12.1 Å². The van der Waals surface area contributed by atoms with Crippen LogP contribution < -0.4 is 26.6 Å². The first kappa shape index (κ1) is 26.7. The summed E-state index contributed by atoms with van der Waals surface area (Å²) in [5.74, 6) is -2.75. The number of anilines is 4. The predicted molar refractivity (Wildman–Crippen MR) is 134 cm³/mol. The summed E-state index contributed by atoms with van der Waals surface area (Å²) in [6.07, 6.45) is -4.02. The van der Waals surface area contributed by atoms with Crippen LogP contribution in [0.1, 0.15) is 27.9 Å². The normalized spacial score (nSPS) is 13.6. The third-order valence-corrected chi connectivity index (χ3v) is 5.90. The summed E-state index contributed by atoms with van der Waals surface area (Å²) in [5.41, 5.74) is 7.10. The fraction of sp³-hybridized carbons (Fsp3) is 0.208. The lowest BCUT2D eigenvalue weighted by molar-refractivity contribution is -0.170. The predicted octanol–water partition coefficient (Wildman–Crippen LogP) is 3.50. The zero-order valence-electron chi connectivity index (χ0n) is 19.6.